The van der Waals surface area contributed by atoms with Crippen LogP contribution in [0.1, 0.15) is 18.5 Å². The van der Waals surface area contributed by atoms with Crippen molar-refractivity contribution in [3.63, 3.8) is 0 Å². The summed E-state index contributed by atoms with van der Waals surface area (Å²) in [4.78, 5) is 7.34. The lowest BCUT2D eigenvalue weighted by Gasteiger charge is -2.14. The fourth-order valence-corrected chi connectivity index (χ4v) is 1.95. The van der Waals surface area contributed by atoms with Crippen molar-refractivity contribution < 1.29 is 23.0 Å². The smallest absolute Gasteiger partial charge is 0.395 e. The van der Waals surface area contributed by atoms with Gasteiger partial charge in [-0.15, -0.1) is 0 Å². The van der Waals surface area contributed by atoms with E-state index >= 15 is 0 Å². The molecule has 0 aromatic carbocycles. The molecule has 0 saturated carbocycles. The highest BCUT2D eigenvalue weighted by molar-refractivity contribution is 5.43. The first-order chi connectivity index (χ1) is 9.99. The molecule has 118 valence electrons. The van der Waals surface area contributed by atoms with E-state index in [4.69, 9.17) is 9.84 Å². The zero-order valence-electron chi connectivity index (χ0n) is 11.3. The minimum atomic E-state index is -4.56. The van der Waals surface area contributed by atoms with Crippen LogP contribution in [-0.4, -0.2) is 47.5 Å². The standard InChI is InChI=1S/C12H17F3N4O2/c13-12(14,15)9-6-10(17-7-8-2-1-5-21-8)19-11(18-9)16-3-4-20/h6,8,20H,1-5,7H2,(H2,16,17,18,19)/t8-/m0/s1. The van der Waals surface area contributed by atoms with Gasteiger partial charge in [0.2, 0.25) is 5.95 Å². The Labute approximate surface area is 119 Å². The van der Waals surface area contributed by atoms with Crippen molar-refractivity contribution in [2.75, 3.05) is 36.9 Å². The summed E-state index contributed by atoms with van der Waals surface area (Å²) in [6.07, 6.45) is -2.74. The van der Waals surface area contributed by atoms with Gasteiger partial charge >= 0.3 is 6.18 Å². The van der Waals surface area contributed by atoms with Crippen molar-refractivity contribution in [3.8, 4) is 0 Å². The molecule has 0 aliphatic carbocycles. The third-order valence-electron chi connectivity index (χ3n) is 2.95. The van der Waals surface area contributed by atoms with Crippen molar-refractivity contribution >= 4 is 11.8 Å². The lowest BCUT2D eigenvalue weighted by Crippen LogP contribution is -2.21. The number of aliphatic hydroxyl groups is 1. The molecule has 0 spiro atoms. The molecule has 0 unspecified atom stereocenters. The summed E-state index contributed by atoms with van der Waals surface area (Å²) < 4.78 is 43.8. The van der Waals surface area contributed by atoms with E-state index in [1.807, 2.05) is 0 Å². The van der Waals surface area contributed by atoms with E-state index in [-0.39, 0.29) is 31.0 Å². The van der Waals surface area contributed by atoms with Gasteiger partial charge in [-0.1, -0.05) is 0 Å². The average molecular weight is 306 g/mol. The van der Waals surface area contributed by atoms with Gasteiger partial charge in [0, 0.05) is 25.8 Å². The quantitative estimate of drug-likeness (QED) is 0.739. The maximum absolute atomic E-state index is 12.8. The van der Waals surface area contributed by atoms with E-state index in [1.165, 1.54) is 0 Å². The number of rotatable bonds is 6. The zero-order chi connectivity index (χ0) is 15.3. The van der Waals surface area contributed by atoms with Crippen LogP contribution in [0.4, 0.5) is 24.9 Å². The molecule has 3 N–H and O–H groups in total. The fourth-order valence-electron chi connectivity index (χ4n) is 1.95. The summed E-state index contributed by atoms with van der Waals surface area (Å²) in [6.45, 7) is 0.922. The molecule has 1 aliphatic heterocycles. The molecule has 1 aromatic heterocycles. The molecule has 21 heavy (non-hydrogen) atoms. The van der Waals surface area contributed by atoms with E-state index in [2.05, 4.69) is 20.6 Å². The molecule has 9 heteroatoms. The lowest BCUT2D eigenvalue weighted by atomic mass is 10.2. The maximum Gasteiger partial charge on any atom is 0.433 e. The lowest BCUT2D eigenvalue weighted by molar-refractivity contribution is -0.141. The molecule has 6 nitrogen and oxygen atoms in total. The number of aliphatic hydroxyl groups excluding tert-OH is 1. The van der Waals surface area contributed by atoms with Crippen LogP contribution in [0.3, 0.4) is 0 Å². The Morgan fingerprint density at radius 3 is 2.76 bits per heavy atom. The van der Waals surface area contributed by atoms with Crippen LogP contribution in [0.2, 0.25) is 0 Å². The number of nitrogens with one attached hydrogen (secondary N) is 2. The molecule has 2 rings (SSSR count). The highest BCUT2D eigenvalue weighted by atomic mass is 19.4. The van der Waals surface area contributed by atoms with E-state index in [1.54, 1.807) is 0 Å². The maximum atomic E-state index is 12.8. The van der Waals surface area contributed by atoms with E-state index in [0.717, 1.165) is 18.9 Å². The molecule has 0 amide bonds. The first-order valence-electron chi connectivity index (χ1n) is 6.65. The molecule has 0 radical (unpaired) electrons. The van der Waals surface area contributed by atoms with Gasteiger partial charge < -0.3 is 20.5 Å². The molecule has 0 bridgehead atoms. The third-order valence-corrected chi connectivity index (χ3v) is 2.95. The normalized spacial score (nSPS) is 18.8. The molecular weight excluding hydrogens is 289 g/mol. The molecule has 2 heterocycles. The zero-order valence-corrected chi connectivity index (χ0v) is 11.3. The molecular formula is C12H17F3N4O2. The Morgan fingerprint density at radius 1 is 1.33 bits per heavy atom. The molecule has 1 saturated heterocycles. The Hall–Kier alpha value is -1.61. The largest absolute Gasteiger partial charge is 0.433 e. The number of anilines is 2. The molecule has 1 atom stereocenters. The summed E-state index contributed by atoms with van der Waals surface area (Å²) >= 11 is 0. The summed E-state index contributed by atoms with van der Waals surface area (Å²) in [6, 6.07) is 0.860. The van der Waals surface area contributed by atoms with Gasteiger partial charge in [0.05, 0.1) is 12.7 Å². The van der Waals surface area contributed by atoms with Gasteiger partial charge in [0.25, 0.3) is 0 Å². The van der Waals surface area contributed by atoms with Crippen molar-refractivity contribution in [1.82, 2.24) is 9.97 Å². The number of nitrogens with zero attached hydrogens (tertiary/aromatic N) is 2. The first-order valence-corrected chi connectivity index (χ1v) is 6.65. The predicted octanol–water partition coefficient (Wildman–Crippen LogP) is 1.49. The minimum absolute atomic E-state index is 0.0110. The Morgan fingerprint density at radius 2 is 2.14 bits per heavy atom. The number of hydrogen-bond acceptors (Lipinski definition) is 6. The Kier molecular flexibility index (Phi) is 5.18. The highest BCUT2D eigenvalue weighted by Crippen LogP contribution is 2.29. The van der Waals surface area contributed by atoms with Gasteiger partial charge in [-0.2, -0.15) is 18.2 Å². The predicted molar refractivity (Wildman–Crippen MR) is 70.1 cm³/mol. The number of halogens is 3. The highest BCUT2D eigenvalue weighted by Gasteiger charge is 2.33. The molecule has 1 fully saturated rings. The number of aromatic nitrogens is 2. The first kappa shape index (κ1) is 15.8. The molecule has 1 aromatic rings. The molecule has 1 aliphatic rings. The number of ether oxygens (including phenoxy) is 1. The van der Waals surface area contributed by atoms with Gasteiger partial charge in [0.1, 0.15) is 5.82 Å². The Bertz CT molecular complexity index is 464. The SMILES string of the molecule is OCCNc1nc(NC[C@@H]2CCCO2)cc(C(F)(F)F)n1. The number of alkyl halides is 3. The second-order valence-corrected chi connectivity index (χ2v) is 4.63. The van der Waals surface area contributed by atoms with E-state index in [0.29, 0.717) is 13.2 Å². The summed E-state index contributed by atoms with van der Waals surface area (Å²) in [5, 5.41) is 14.1. The van der Waals surface area contributed by atoms with Gasteiger partial charge in [-0.3, -0.25) is 0 Å². The monoisotopic (exact) mass is 306 g/mol. The van der Waals surface area contributed by atoms with E-state index in [9.17, 15) is 13.2 Å². The summed E-state index contributed by atoms with van der Waals surface area (Å²) in [7, 11) is 0. The fraction of sp³-hybridized carbons (Fsp3) is 0.667. The van der Waals surface area contributed by atoms with Crippen LogP contribution in [0, 0.1) is 0 Å². The summed E-state index contributed by atoms with van der Waals surface area (Å²) in [5.41, 5.74) is -1.03. The topological polar surface area (TPSA) is 79.3 Å². The number of hydrogen-bond donors (Lipinski definition) is 3. The second-order valence-electron chi connectivity index (χ2n) is 4.63. The van der Waals surface area contributed by atoms with Crippen molar-refractivity contribution in [3.05, 3.63) is 11.8 Å². The van der Waals surface area contributed by atoms with Crippen LogP contribution in [-0.2, 0) is 10.9 Å². The van der Waals surface area contributed by atoms with Crippen LogP contribution in [0.15, 0.2) is 6.07 Å². The summed E-state index contributed by atoms with van der Waals surface area (Å²) in [5.74, 6) is -0.0954. The Balaban J connectivity index is 2.09. The second kappa shape index (κ2) is 6.90. The van der Waals surface area contributed by atoms with Crippen LogP contribution in [0.25, 0.3) is 0 Å². The minimum Gasteiger partial charge on any atom is -0.395 e. The third kappa shape index (κ3) is 4.71. The van der Waals surface area contributed by atoms with Gasteiger partial charge in [0.15, 0.2) is 5.69 Å². The van der Waals surface area contributed by atoms with Crippen molar-refractivity contribution in [2.24, 2.45) is 0 Å². The van der Waals surface area contributed by atoms with Crippen molar-refractivity contribution in [2.45, 2.75) is 25.1 Å². The average Bonchev–Trinajstić information content (AvgIpc) is 2.95. The van der Waals surface area contributed by atoms with Gasteiger partial charge in [-0.25, -0.2) is 4.98 Å². The van der Waals surface area contributed by atoms with Crippen LogP contribution >= 0.6 is 0 Å². The van der Waals surface area contributed by atoms with Crippen LogP contribution < -0.4 is 10.6 Å². The van der Waals surface area contributed by atoms with Crippen LogP contribution in [0.5, 0.6) is 0 Å². The van der Waals surface area contributed by atoms with Gasteiger partial charge in [-0.05, 0) is 12.8 Å². The van der Waals surface area contributed by atoms with Crippen molar-refractivity contribution in [1.29, 1.82) is 0 Å². The van der Waals surface area contributed by atoms with E-state index < -0.39 is 11.9 Å².